The van der Waals surface area contributed by atoms with Gasteiger partial charge >= 0.3 is 6.18 Å². The van der Waals surface area contributed by atoms with Gasteiger partial charge in [-0.05, 0) is 13.0 Å². The lowest BCUT2D eigenvalue weighted by molar-refractivity contribution is -0.141. The molecule has 114 valence electrons. The highest BCUT2D eigenvalue weighted by Gasteiger charge is 2.34. The molecular formula is C14H14F3NO3. The van der Waals surface area contributed by atoms with Crippen molar-refractivity contribution in [3.05, 3.63) is 35.6 Å². The van der Waals surface area contributed by atoms with Gasteiger partial charge in [-0.1, -0.05) is 18.2 Å². The Balaban J connectivity index is 2.36. The Labute approximate surface area is 118 Å². The molecule has 0 unspecified atom stereocenters. The van der Waals surface area contributed by atoms with E-state index < -0.39 is 31.8 Å². The maximum absolute atomic E-state index is 12.5. The molecule has 1 aromatic heterocycles. The van der Waals surface area contributed by atoms with Gasteiger partial charge in [-0.2, -0.15) is 13.2 Å². The van der Waals surface area contributed by atoms with Crippen LogP contribution in [0.15, 0.2) is 28.7 Å². The van der Waals surface area contributed by atoms with E-state index in [0.717, 1.165) is 0 Å². The lowest BCUT2D eigenvalue weighted by Gasteiger charge is -2.22. The fourth-order valence-electron chi connectivity index (χ4n) is 2.11. The van der Waals surface area contributed by atoms with Crippen LogP contribution in [0, 0.1) is 6.92 Å². The van der Waals surface area contributed by atoms with Gasteiger partial charge in [0.05, 0.1) is 6.61 Å². The molecule has 0 aliphatic heterocycles. The average Bonchev–Trinajstić information content (AvgIpc) is 2.74. The molecule has 4 nitrogen and oxygen atoms in total. The van der Waals surface area contributed by atoms with Crippen molar-refractivity contribution in [1.82, 2.24) is 4.90 Å². The number of carbonyl (C=O) groups excluding carboxylic acids is 1. The molecule has 7 heteroatoms. The van der Waals surface area contributed by atoms with Crippen LogP contribution >= 0.6 is 0 Å². The van der Waals surface area contributed by atoms with E-state index >= 15 is 0 Å². The Bertz CT molecular complexity index is 648. The number of aliphatic hydroxyl groups excluding tert-OH is 1. The standard InChI is InChI=1S/C14H14F3NO3/c1-9-10-4-2-3-5-11(10)21-12(9)13(20)18(6-7-19)8-14(15,16)17/h2-5,19H,6-8H2,1H3. The van der Waals surface area contributed by atoms with Crippen LogP contribution < -0.4 is 0 Å². The smallest absolute Gasteiger partial charge is 0.406 e. The van der Waals surface area contributed by atoms with E-state index in [1.807, 2.05) is 0 Å². The van der Waals surface area contributed by atoms with Crippen LogP contribution in [-0.4, -0.2) is 41.8 Å². The largest absolute Gasteiger partial charge is 0.451 e. The molecule has 2 aromatic rings. The summed E-state index contributed by atoms with van der Waals surface area (Å²) in [5, 5.41) is 9.52. The van der Waals surface area contributed by atoms with E-state index in [1.165, 1.54) is 0 Å². The molecule has 21 heavy (non-hydrogen) atoms. The second-order valence-electron chi connectivity index (χ2n) is 4.62. The van der Waals surface area contributed by atoms with Gasteiger partial charge < -0.3 is 14.4 Å². The number of hydrogen-bond donors (Lipinski definition) is 1. The summed E-state index contributed by atoms with van der Waals surface area (Å²) >= 11 is 0. The van der Waals surface area contributed by atoms with E-state index in [4.69, 9.17) is 9.52 Å². The second kappa shape index (κ2) is 5.77. The summed E-state index contributed by atoms with van der Waals surface area (Å²) < 4.78 is 42.9. The summed E-state index contributed by atoms with van der Waals surface area (Å²) in [5.41, 5.74) is 0.926. The third kappa shape index (κ3) is 3.36. The highest BCUT2D eigenvalue weighted by atomic mass is 19.4. The van der Waals surface area contributed by atoms with Crippen LogP contribution in [0.2, 0.25) is 0 Å². The van der Waals surface area contributed by atoms with Gasteiger partial charge in [0.2, 0.25) is 0 Å². The molecule has 0 aliphatic carbocycles. The monoisotopic (exact) mass is 301 g/mol. The number of rotatable bonds is 4. The first kappa shape index (κ1) is 15.4. The van der Waals surface area contributed by atoms with Crippen LogP contribution in [0.3, 0.4) is 0 Å². The van der Waals surface area contributed by atoms with E-state index in [1.54, 1.807) is 31.2 Å². The number of fused-ring (bicyclic) bond motifs is 1. The minimum Gasteiger partial charge on any atom is -0.451 e. The van der Waals surface area contributed by atoms with E-state index in [0.29, 0.717) is 21.4 Å². The molecule has 1 aromatic carbocycles. The number of furan rings is 1. The first-order valence-electron chi connectivity index (χ1n) is 6.28. The van der Waals surface area contributed by atoms with Gasteiger partial charge in [-0.15, -0.1) is 0 Å². The highest BCUT2D eigenvalue weighted by molar-refractivity contribution is 5.98. The number of amides is 1. The average molecular weight is 301 g/mol. The molecule has 0 aliphatic rings. The lowest BCUT2D eigenvalue weighted by atomic mass is 10.1. The maximum atomic E-state index is 12.5. The summed E-state index contributed by atoms with van der Waals surface area (Å²) in [4.78, 5) is 12.8. The minimum absolute atomic E-state index is 0.131. The predicted molar refractivity (Wildman–Crippen MR) is 70.0 cm³/mol. The molecule has 0 spiro atoms. The number of nitrogens with zero attached hydrogens (tertiary/aromatic N) is 1. The zero-order chi connectivity index (χ0) is 15.6. The Morgan fingerprint density at radius 1 is 1.33 bits per heavy atom. The molecule has 0 saturated heterocycles. The zero-order valence-corrected chi connectivity index (χ0v) is 11.3. The molecule has 0 radical (unpaired) electrons. The Hall–Kier alpha value is -2.02. The Kier molecular flexibility index (Phi) is 4.22. The predicted octanol–water partition coefficient (Wildman–Crippen LogP) is 2.74. The summed E-state index contributed by atoms with van der Waals surface area (Å²) in [6, 6.07) is 6.82. The molecule has 0 fully saturated rings. The normalized spacial score (nSPS) is 11.9. The number of hydrogen-bond acceptors (Lipinski definition) is 3. The highest BCUT2D eigenvalue weighted by Crippen LogP contribution is 2.27. The zero-order valence-electron chi connectivity index (χ0n) is 11.3. The third-order valence-corrected chi connectivity index (χ3v) is 3.07. The fourth-order valence-corrected chi connectivity index (χ4v) is 2.11. The molecule has 1 amide bonds. The first-order valence-corrected chi connectivity index (χ1v) is 6.28. The Morgan fingerprint density at radius 2 is 2.00 bits per heavy atom. The molecular weight excluding hydrogens is 287 g/mol. The SMILES string of the molecule is Cc1c(C(=O)N(CCO)CC(F)(F)F)oc2ccccc12. The van der Waals surface area contributed by atoms with E-state index in [9.17, 15) is 18.0 Å². The Morgan fingerprint density at radius 3 is 2.57 bits per heavy atom. The van der Waals surface area contributed by atoms with Crippen LogP contribution in [-0.2, 0) is 0 Å². The lowest BCUT2D eigenvalue weighted by Crippen LogP contribution is -2.40. The molecule has 0 bridgehead atoms. The van der Waals surface area contributed by atoms with Gasteiger partial charge in [0.1, 0.15) is 12.1 Å². The second-order valence-corrected chi connectivity index (χ2v) is 4.62. The summed E-state index contributed by atoms with van der Waals surface area (Å²) in [7, 11) is 0. The van der Waals surface area contributed by atoms with Gasteiger partial charge in [0, 0.05) is 17.5 Å². The summed E-state index contributed by atoms with van der Waals surface area (Å²) in [5.74, 6) is -1.01. The molecule has 0 atom stereocenters. The first-order chi connectivity index (χ1) is 9.83. The number of carbonyl (C=O) groups is 1. The van der Waals surface area contributed by atoms with Crippen molar-refractivity contribution < 1.29 is 27.5 Å². The quantitative estimate of drug-likeness (QED) is 0.944. The number of halogens is 3. The topological polar surface area (TPSA) is 53.7 Å². The molecule has 0 saturated carbocycles. The number of aryl methyl sites for hydroxylation is 1. The van der Waals surface area contributed by atoms with Crippen molar-refractivity contribution >= 4 is 16.9 Å². The molecule has 2 rings (SSSR count). The summed E-state index contributed by atoms with van der Waals surface area (Å²) in [6.45, 7) is -0.775. The van der Waals surface area contributed by atoms with Gasteiger partial charge in [0.25, 0.3) is 5.91 Å². The van der Waals surface area contributed by atoms with Crippen LogP contribution in [0.5, 0.6) is 0 Å². The fraction of sp³-hybridized carbons (Fsp3) is 0.357. The van der Waals surface area contributed by atoms with Crippen LogP contribution in [0.1, 0.15) is 16.1 Å². The van der Waals surface area contributed by atoms with Crippen molar-refractivity contribution in [2.45, 2.75) is 13.1 Å². The molecule has 1 heterocycles. The number of alkyl halides is 3. The molecule has 1 N–H and O–H groups in total. The number of benzene rings is 1. The van der Waals surface area contributed by atoms with Crippen molar-refractivity contribution in [3.63, 3.8) is 0 Å². The van der Waals surface area contributed by atoms with E-state index in [-0.39, 0.29) is 5.76 Å². The van der Waals surface area contributed by atoms with Gasteiger partial charge in [-0.25, -0.2) is 0 Å². The van der Waals surface area contributed by atoms with Crippen molar-refractivity contribution in [3.8, 4) is 0 Å². The number of para-hydroxylation sites is 1. The van der Waals surface area contributed by atoms with Crippen LogP contribution in [0.4, 0.5) is 13.2 Å². The van der Waals surface area contributed by atoms with E-state index in [2.05, 4.69) is 0 Å². The summed E-state index contributed by atoms with van der Waals surface area (Å²) in [6.07, 6.45) is -4.54. The number of aliphatic hydroxyl groups is 1. The third-order valence-electron chi connectivity index (χ3n) is 3.07. The van der Waals surface area contributed by atoms with Gasteiger partial charge in [-0.3, -0.25) is 4.79 Å². The van der Waals surface area contributed by atoms with Crippen molar-refractivity contribution in [1.29, 1.82) is 0 Å². The minimum atomic E-state index is -4.54. The van der Waals surface area contributed by atoms with Crippen molar-refractivity contribution in [2.24, 2.45) is 0 Å². The van der Waals surface area contributed by atoms with Gasteiger partial charge in [0.15, 0.2) is 5.76 Å². The van der Waals surface area contributed by atoms with Crippen molar-refractivity contribution in [2.75, 3.05) is 19.7 Å². The maximum Gasteiger partial charge on any atom is 0.406 e. The van der Waals surface area contributed by atoms with Crippen LogP contribution in [0.25, 0.3) is 11.0 Å².